The van der Waals surface area contributed by atoms with Crippen molar-refractivity contribution in [1.82, 2.24) is 0 Å². The summed E-state index contributed by atoms with van der Waals surface area (Å²) >= 11 is 0. The maximum atomic E-state index is 11.7. The highest BCUT2D eigenvalue weighted by molar-refractivity contribution is 5.79. The van der Waals surface area contributed by atoms with E-state index in [2.05, 4.69) is 0 Å². The third kappa shape index (κ3) is 2.81. The van der Waals surface area contributed by atoms with Crippen LogP contribution < -0.4 is 5.73 Å². The van der Waals surface area contributed by atoms with Crippen LogP contribution in [0.4, 0.5) is 0 Å². The molecular formula is C12H21NO. The standard InChI is InChI=1S/C12H21NO/c13-12(7-1-2-8-12)9-11(14)6-5-10-3-4-10/h10H,1-9,13H2. The Hall–Kier alpha value is -0.370. The lowest BCUT2D eigenvalue weighted by molar-refractivity contribution is -0.120. The molecule has 0 atom stereocenters. The first-order chi connectivity index (χ1) is 6.68. The average Bonchev–Trinajstić information content (AvgIpc) is 2.87. The summed E-state index contributed by atoms with van der Waals surface area (Å²) in [5, 5.41) is 0. The van der Waals surface area contributed by atoms with Crippen LogP contribution in [0, 0.1) is 5.92 Å². The lowest BCUT2D eigenvalue weighted by atomic mass is 9.91. The van der Waals surface area contributed by atoms with Crippen LogP contribution in [0.1, 0.15) is 57.8 Å². The van der Waals surface area contributed by atoms with E-state index in [4.69, 9.17) is 5.73 Å². The van der Waals surface area contributed by atoms with Gasteiger partial charge in [-0.2, -0.15) is 0 Å². The summed E-state index contributed by atoms with van der Waals surface area (Å²) in [5.41, 5.74) is 6.04. The molecule has 2 aliphatic carbocycles. The Bertz CT molecular complexity index is 214. The predicted octanol–water partition coefficient (Wildman–Crippen LogP) is 2.41. The van der Waals surface area contributed by atoms with Crippen molar-refractivity contribution in [3.63, 3.8) is 0 Å². The van der Waals surface area contributed by atoms with E-state index in [-0.39, 0.29) is 5.54 Å². The monoisotopic (exact) mass is 195 g/mol. The van der Waals surface area contributed by atoms with Gasteiger partial charge in [-0.15, -0.1) is 0 Å². The van der Waals surface area contributed by atoms with Gasteiger partial charge in [-0.3, -0.25) is 4.79 Å². The van der Waals surface area contributed by atoms with Gasteiger partial charge in [0, 0.05) is 18.4 Å². The van der Waals surface area contributed by atoms with Crippen molar-refractivity contribution < 1.29 is 4.79 Å². The molecule has 0 unspecified atom stereocenters. The number of ketones is 1. The Balaban J connectivity index is 1.69. The fourth-order valence-corrected chi connectivity index (χ4v) is 2.51. The highest BCUT2D eigenvalue weighted by Gasteiger charge is 2.32. The fraction of sp³-hybridized carbons (Fsp3) is 0.917. The van der Waals surface area contributed by atoms with E-state index in [9.17, 15) is 4.79 Å². The van der Waals surface area contributed by atoms with Crippen LogP contribution in [0.15, 0.2) is 0 Å². The van der Waals surface area contributed by atoms with Crippen LogP contribution >= 0.6 is 0 Å². The highest BCUT2D eigenvalue weighted by Crippen LogP contribution is 2.35. The molecule has 0 amide bonds. The van der Waals surface area contributed by atoms with E-state index < -0.39 is 0 Å². The van der Waals surface area contributed by atoms with Gasteiger partial charge in [0.1, 0.15) is 5.78 Å². The normalized spacial score (nSPS) is 25.2. The van der Waals surface area contributed by atoms with Gasteiger partial charge in [0.15, 0.2) is 0 Å². The second kappa shape index (κ2) is 4.01. The molecule has 2 N–H and O–H groups in total. The molecule has 2 rings (SSSR count). The highest BCUT2D eigenvalue weighted by atomic mass is 16.1. The first-order valence-corrected chi connectivity index (χ1v) is 5.99. The fourth-order valence-electron chi connectivity index (χ4n) is 2.51. The molecule has 0 heterocycles. The summed E-state index contributed by atoms with van der Waals surface area (Å²) in [4.78, 5) is 11.7. The number of carbonyl (C=O) groups excluding carboxylic acids is 1. The quantitative estimate of drug-likeness (QED) is 0.732. The Morgan fingerprint density at radius 1 is 1.29 bits per heavy atom. The number of nitrogens with two attached hydrogens (primary N) is 1. The molecule has 14 heavy (non-hydrogen) atoms. The Labute approximate surface area is 86.2 Å². The van der Waals surface area contributed by atoms with Crippen molar-refractivity contribution in [3.8, 4) is 0 Å². The van der Waals surface area contributed by atoms with E-state index in [0.717, 1.165) is 31.6 Å². The lowest BCUT2D eigenvalue weighted by Crippen LogP contribution is -2.38. The zero-order valence-corrected chi connectivity index (χ0v) is 8.93. The molecule has 2 heteroatoms. The Kier molecular flexibility index (Phi) is 2.91. The molecule has 0 radical (unpaired) electrons. The first kappa shape index (κ1) is 10.2. The molecular weight excluding hydrogens is 174 g/mol. The van der Waals surface area contributed by atoms with Crippen molar-refractivity contribution in [1.29, 1.82) is 0 Å². The lowest BCUT2D eigenvalue weighted by Gasteiger charge is -2.22. The summed E-state index contributed by atoms with van der Waals surface area (Å²) in [6.07, 6.45) is 9.78. The van der Waals surface area contributed by atoms with Crippen molar-refractivity contribution >= 4 is 5.78 Å². The molecule has 2 aliphatic rings. The molecule has 2 saturated carbocycles. The smallest absolute Gasteiger partial charge is 0.134 e. The molecule has 0 aliphatic heterocycles. The van der Waals surface area contributed by atoms with E-state index >= 15 is 0 Å². The van der Waals surface area contributed by atoms with Crippen LogP contribution in [0.3, 0.4) is 0 Å². The number of rotatable bonds is 5. The van der Waals surface area contributed by atoms with E-state index in [0.29, 0.717) is 12.2 Å². The van der Waals surface area contributed by atoms with Gasteiger partial charge in [0.25, 0.3) is 0 Å². The molecule has 2 fully saturated rings. The maximum Gasteiger partial charge on any atom is 0.134 e. The molecule has 0 aromatic rings. The molecule has 0 aromatic heterocycles. The van der Waals surface area contributed by atoms with E-state index in [1.165, 1.54) is 25.7 Å². The van der Waals surface area contributed by atoms with Crippen LogP contribution in [-0.4, -0.2) is 11.3 Å². The van der Waals surface area contributed by atoms with Gasteiger partial charge in [-0.25, -0.2) is 0 Å². The van der Waals surface area contributed by atoms with Gasteiger partial charge >= 0.3 is 0 Å². The topological polar surface area (TPSA) is 43.1 Å². The maximum absolute atomic E-state index is 11.7. The van der Waals surface area contributed by atoms with Gasteiger partial charge in [-0.1, -0.05) is 25.7 Å². The minimum atomic E-state index is -0.124. The number of hydrogen-bond acceptors (Lipinski definition) is 2. The third-order valence-electron chi connectivity index (χ3n) is 3.68. The van der Waals surface area contributed by atoms with E-state index in [1.807, 2.05) is 0 Å². The predicted molar refractivity (Wildman–Crippen MR) is 57.0 cm³/mol. The van der Waals surface area contributed by atoms with Gasteiger partial charge in [0.05, 0.1) is 0 Å². The summed E-state index contributed by atoms with van der Waals surface area (Å²) in [7, 11) is 0. The number of Topliss-reactive ketones (excluding diaryl/α,β-unsaturated/α-hetero) is 1. The summed E-state index contributed by atoms with van der Waals surface area (Å²) < 4.78 is 0. The van der Waals surface area contributed by atoms with Crippen molar-refractivity contribution in [2.75, 3.05) is 0 Å². The largest absolute Gasteiger partial charge is 0.325 e. The summed E-state index contributed by atoms with van der Waals surface area (Å²) in [6, 6.07) is 0. The minimum absolute atomic E-state index is 0.124. The molecule has 0 aromatic carbocycles. The van der Waals surface area contributed by atoms with Crippen LogP contribution in [0.25, 0.3) is 0 Å². The van der Waals surface area contributed by atoms with Crippen molar-refractivity contribution in [2.24, 2.45) is 11.7 Å². The van der Waals surface area contributed by atoms with Crippen molar-refractivity contribution in [3.05, 3.63) is 0 Å². The number of carbonyl (C=O) groups is 1. The summed E-state index contributed by atoms with van der Waals surface area (Å²) in [5.74, 6) is 1.28. The molecule has 2 nitrogen and oxygen atoms in total. The van der Waals surface area contributed by atoms with Gasteiger partial charge < -0.3 is 5.73 Å². The minimum Gasteiger partial charge on any atom is -0.325 e. The van der Waals surface area contributed by atoms with Crippen LogP contribution in [0.5, 0.6) is 0 Å². The molecule has 0 saturated heterocycles. The molecule has 80 valence electrons. The van der Waals surface area contributed by atoms with Gasteiger partial charge in [0.2, 0.25) is 0 Å². The summed E-state index contributed by atoms with van der Waals surface area (Å²) in [6.45, 7) is 0. The Morgan fingerprint density at radius 2 is 1.93 bits per heavy atom. The molecule has 0 bridgehead atoms. The average molecular weight is 195 g/mol. The number of hydrogen-bond donors (Lipinski definition) is 1. The zero-order chi connectivity index (χ0) is 10.0. The third-order valence-corrected chi connectivity index (χ3v) is 3.68. The van der Waals surface area contributed by atoms with Gasteiger partial charge in [-0.05, 0) is 25.2 Å². The van der Waals surface area contributed by atoms with Crippen molar-refractivity contribution in [2.45, 2.75) is 63.3 Å². The zero-order valence-electron chi connectivity index (χ0n) is 8.93. The molecule has 0 spiro atoms. The second-order valence-electron chi connectivity index (χ2n) is 5.27. The van der Waals surface area contributed by atoms with Crippen LogP contribution in [0.2, 0.25) is 0 Å². The first-order valence-electron chi connectivity index (χ1n) is 5.99. The SMILES string of the molecule is NC1(CC(=O)CCC2CC2)CCCC1. The Morgan fingerprint density at radius 3 is 2.50 bits per heavy atom. The second-order valence-corrected chi connectivity index (χ2v) is 5.27. The van der Waals surface area contributed by atoms with Crippen LogP contribution in [-0.2, 0) is 4.79 Å². The van der Waals surface area contributed by atoms with E-state index in [1.54, 1.807) is 0 Å².